The summed E-state index contributed by atoms with van der Waals surface area (Å²) in [6, 6.07) is 15.7. The highest BCUT2D eigenvalue weighted by Crippen LogP contribution is 2.32. The summed E-state index contributed by atoms with van der Waals surface area (Å²) in [5.41, 5.74) is 0.709. The van der Waals surface area contributed by atoms with Crippen LogP contribution in [0.5, 0.6) is 5.75 Å². The summed E-state index contributed by atoms with van der Waals surface area (Å²) in [4.78, 5) is 14.5. The molecule has 2 aromatic rings. The van der Waals surface area contributed by atoms with Crippen LogP contribution in [0.2, 0.25) is 0 Å². The second kappa shape index (κ2) is 6.49. The van der Waals surface area contributed by atoms with Crippen molar-refractivity contribution in [2.24, 2.45) is 5.92 Å². The molecule has 0 radical (unpaired) electrons. The standard InChI is InChI=1S/C19H20N2O2S/c22-15-3-7-17(8-4-15)24-16-5-1-12(2-6-16)19(23)21-18-10-14-9-13(18)11-20-14/h1-8,13-14,18,20,22H,9-11H2,(H,21,23). The van der Waals surface area contributed by atoms with Crippen molar-refractivity contribution in [3.8, 4) is 5.75 Å². The maximum Gasteiger partial charge on any atom is 0.251 e. The van der Waals surface area contributed by atoms with E-state index < -0.39 is 0 Å². The van der Waals surface area contributed by atoms with Crippen molar-refractivity contribution >= 4 is 17.7 Å². The maximum atomic E-state index is 12.4. The topological polar surface area (TPSA) is 61.4 Å². The number of carbonyl (C=O) groups excluding carboxylic acids is 1. The number of benzene rings is 2. The molecule has 1 amide bonds. The van der Waals surface area contributed by atoms with Crippen LogP contribution in [-0.4, -0.2) is 29.6 Å². The molecule has 3 unspecified atom stereocenters. The number of piperidine rings is 1. The van der Waals surface area contributed by atoms with Crippen LogP contribution in [0.4, 0.5) is 0 Å². The summed E-state index contributed by atoms with van der Waals surface area (Å²) in [5, 5.41) is 16.0. The molecule has 2 aromatic carbocycles. The molecule has 1 heterocycles. The zero-order valence-corrected chi connectivity index (χ0v) is 14.1. The lowest BCUT2D eigenvalue weighted by molar-refractivity contribution is 0.0925. The van der Waals surface area contributed by atoms with E-state index in [0.717, 1.165) is 22.8 Å². The van der Waals surface area contributed by atoms with Crippen LogP contribution >= 0.6 is 11.8 Å². The largest absolute Gasteiger partial charge is 0.508 e. The minimum atomic E-state index is 0.0220. The number of phenolic OH excluding ortho intramolecular Hbond substituents is 1. The monoisotopic (exact) mass is 340 g/mol. The molecule has 2 bridgehead atoms. The first-order valence-corrected chi connectivity index (χ1v) is 9.10. The van der Waals surface area contributed by atoms with Gasteiger partial charge in [-0.05, 0) is 67.3 Å². The maximum absolute atomic E-state index is 12.4. The Labute approximate surface area is 145 Å². The summed E-state index contributed by atoms with van der Waals surface area (Å²) in [5.74, 6) is 0.874. The molecular weight excluding hydrogens is 320 g/mol. The highest BCUT2D eigenvalue weighted by molar-refractivity contribution is 7.99. The van der Waals surface area contributed by atoms with E-state index in [4.69, 9.17) is 0 Å². The third kappa shape index (κ3) is 3.28. The van der Waals surface area contributed by atoms with Crippen LogP contribution in [0.15, 0.2) is 58.3 Å². The number of phenols is 1. The van der Waals surface area contributed by atoms with Gasteiger partial charge in [-0.2, -0.15) is 0 Å². The molecule has 1 aliphatic carbocycles. The highest BCUT2D eigenvalue weighted by atomic mass is 32.2. The van der Waals surface area contributed by atoms with Gasteiger partial charge < -0.3 is 15.7 Å². The highest BCUT2D eigenvalue weighted by Gasteiger charge is 2.39. The normalized spacial score (nSPS) is 24.9. The van der Waals surface area contributed by atoms with E-state index >= 15 is 0 Å². The number of nitrogens with one attached hydrogen (secondary N) is 2. The molecule has 3 N–H and O–H groups in total. The van der Waals surface area contributed by atoms with Gasteiger partial charge in [0.2, 0.25) is 0 Å². The molecule has 24 heavy (non-hydrogen) atoms. The van der Waals surface area contributed by atoms with Crippen molar-refractivity contribution in [3.63, 3.8) is 0 Å². The van der Waals surface area contributed by atoms with Crippen LogP contribution in [-0.2, 0) is 0 Å². The molecule has 124 valence electrons. The van der Waals surface area contributed by atoms with Crippen LogP contribution in [0, 0.1) is 5.92 Å². The van der Waals surface area contributed by atoms with Gasteiger partial charge in [-0.15, -0.1) is 0 Å². The summed E-state index contributed by atoms with van der Waals surface area (Å²) >= 11 is 1.61. The second-order valence-electron chi connectivity index (χ2n) is 6.54. The zero-order chi connectivity index (χ0) is 16.5. The Bertz CT molecular complexity index is 730. The van der Waals surface area contributed by atoms with E-state index in [1.807, 2.05) is 36.4 Å². The molecule has 2 aliphatic rings. The molecule has 2 fully saturated rings. The van der Waals surface area contributed by atoms with Crippen molar-refractivity contribution in [1.29, 1.82) is 0 Å². The Morgan fingerprint density at radius 3 is 2.29 bits per heavy atom. The van der Waals surface area contributed by atoms with E-state index in [-0.39, 0.29) is 11.7 Å². The van der Waals surface area contributed by atoms with Crippen LogP contribution in [0.25, 0.3) is 0 Å². The van der Waals surface area contributed by atoms with Gasteiger partial charge in [0.25, 0.3) is 5.91 Å². The minimum absolute atomic E-state index is 0.0220. The van der Waals surface area contributed by atoms with Gasteiger partial charge in [0, 0.05) is 34.0 Å². The Kier molecular flexibility index (Phi) is 4.21. The molecule has 5 heteroatoms. The molecule has 1 saturated heterocycles. The van der Waals surface area contributed by atoms with E-state index in [1.54, 1.807) is 23.9 Å². The Morgan fingerprint density at radius 1 is 1.04 bits per heavy atom. The van der Waals surface area contributed by atoms with Gasteiger partial charge >= 0.3 is 0 Å². The molecule has 4 rings (SSSR count). The average Bonchev–Trinajstić information content (AvgIpc) is 3.20. The van der Waals surface area contributed by atoms with Crippen LogP contribution < -0.4 is 10.6 Å². The fourth-order valence-electron chi connectivity index (χ4n) is 3.59. The van der Waals surface area contributed by atoms with E-state index in [2.05, 4.69) is 10.6 Å². The average molecular weight is 340 g/mol. The summed E-state index contributed by atoms with van der Waals surface area (Å²) in [6.07, 6.45) is 2.23. The first kappa shape index (κ1) is 15.5. The first-order valence-electron chi connectivity index (χ1n) is 8.28. The number of amides is 1. The number of aromatic hydroxyl groups is 1. The van der Waals surface area contributed by atoms with E-state index in [0.29, 0.717) is 23.6 Å². The quantitative estimate of drug-likeness (QED) is 0.801. The van der Waals surface area contributed by atoms with E-state index in [9.17, 15) is 9.90 Å². The van der Waals surface area contributed by atoms with Crippen molar-refractivity contribution in [2.75, 3.05) is 6.54 Å². The molecular formula is C19H20N2O2S. The molecule has 4 nitrogen and oxygen atoms in total. The molecule has 1 saturated carbocycles. The fourth-order valence-corrected chi connectivity index (χ4v) is 4.40. The molecule has 0 spiro atoms. The minimum Gasteiger partial charge on any atom is -0.508 e. The summed E-state index contributed by atoms with van der Waals surface area (Å²) < 4.78 is 0. The second-order valence-corrected chi connectivity index (χ2v) is 7.68. The fraction of sp³-hybridized carbons (Fsp3) is 0.316. The van der Waals surface area contributed by atoms with Crippen molar-refractivity contribution in [1.82, 2.24) is 10.6 Å². The number of rotatable bonds is 4. The number of carbonyl (C=O) groups is 1. The first-order chi connectivity index (χ1) is 11.7. The third-order valence-corrected chi connectivity index (χ3v) is 5.88. The van der Waals surface area contributed by atoms with Gasteiger partial charge in [-0.3, -0.25) is 4.79 Å². The van der Waals surface area contributed by atoms with Crippen LogP contribution in [0.3, 0.4) is 0 Å². The third-order valence-electron chi connectivity index (χ3n) is 4.87. The Balaban J connectivity index is 1.38. The lowest BCUT2D eigenvalue weighted by Crippen LogP contribution is -2.44. The van der Waals surface area contributed by atoms with Gasteiger partial charge in [-0.25, -0.2) is 0 Å². The van der Waals surface area contributed by atoms with Gasteiger partial charge in [0.15, 0.2) is 0 Å². The zero-order valence-electron chi connectivity index (χ0n) is 13.2. The van der Waals surface area contributed by atoms with Crippen molar-refractivity contribution in [2.45, 2.75) is 34.7 Å². The lowest BCUT2D eigenvalue weighted by atomic mass is 10.0. The summed E-state index contributed by atoms with van der Waals surface area (Å²) in [7, 11) is 0. The molecule has 3 atom stereocenters. The predicted molar refractivity (Wildman–Crippen MR) is 94.4 cm³/mol. The smallest absolute Gasteiger partial charge is 0.251 e. The van der Waals surface area contributed by atoms with E-state index in [1.165, 1.54) is 6.42 Å². The molecule has 0 aromatic heterocycles. The Hall–Kier alpha value is -1.98. The number of hydrogen-bond donors (Lipinski definition) is 3. The molecule has 1 aliphatic heterocycles. The predicted octanol–water partition coefficient (Wildman–Crippen LogP) is 3.02. The summed E-state index contributed by atoms with van der Waals surface area (Å²) in [6.45, 7) is 1.03. The lowest BCUT2D eigenvalue weighted by Gasteiger charge is -2.23. The van der Waals surface area contributed by atoms with Crippen molar-refractivity contribution < 1.29 is 9.90 Å². The number of hydrogen-bond acceptors (Lipinski definition) is 4. The Morgan fingerprint density at radius 2 is 1.71 bits per heavy atom. The van der Waals surface area contributed by atoms with Crippen LogP contribution in [0.1, 0.15) is 23.2 Å². The number of fused-ring (bicyclic) bond motifs is 2. The SMILES string of the molecule is O=C(NC1CC2CC1CN2)c1ccc(Sc2ccc(O)cc2)cc1. The van der Waals surface area contributed by atoms with Gasteiger partial charge in [0.05, 0.1) is 0 Å². The van der Waals surface area contributed by atoms with Gasteiger partial charge in [0.1, 0.15) is 5.75 Å². The van der Waals surface area contributed by atoms with Gasteiger partial charge in [-0.1, -0.05) is 11.8 Å². The van der Waals surface area contributed by atoms with Crippen molar-refractivity contribution in [3.05, 3.63) is 54.1 Å².